The van der Waals surface area contributed by atoms with Gasteiger partial charge in [0.1, 0.15) is 0 Å². The topological polar surface area (TPSA) is 58.2 Å². The first-order valence-corrected chi connectivity index (χ1v) is 9.86. The van der Waals surface area contributed by atoms with Crippen molar-refractivity contribution in [1.29, 1.82) is 0 Å². The Bertz CT molecular complexity index is 444. The van der Waals surface area contributed by atoms with E-state index in [4.69, 9.17) is 0 Å². The fourth-order valence-corrected chi connectivity index (χ4v) is 4.30. The third-order valence-electron chi connectivity index (χ3n) is 3.05. The van der Waals surface area contributed by atoms with Gasteiger partial charge < -0.3 is 5.32 Å². The fraction of sp³-hybridized carbons (Fsp3) is 0.714. The Morgan fingerprint density at radius 1 is 1.30 bits per heavy atom. The standard InChI is InChI=1S/C14H26N2O2S2/c1-3-8-13(14-9-7-11-19-14)16-20(17,18)12-6-5-10-15-4-2/h7,9,11,13,15-16H,3-6,8,10,12H2,1-2H3. The van der Waals surface area contributed by atoms with Crippen molar-refractivity contribution in [2.75, 3.05) is 18.8 Å². The summed E-state index contributed by atoms with van der Waals surface area (Å²) in [5, 5.41) is 5.19. The predicted molar refractivity (Wildman–Crippen MR) is 86.7 cm³/mol. The summed E-state index contributed by atoms with van der Waals surface area (Å²) in [7, 11) is -3.19. The predicted octanol–water partition coefficient (Wildman–Crippen LogP) is 2.90. The number of unbranched alkanes of at least 4 members (excludes halogenated alkanes) is 1. The first kappa shape index (κ1) is 17.6. The monoisotopic (exact) mass is 318 g/mol. The fourth-order valence-electron chi connectivity index (χ4n) is 2.03. The van der Waals surface area contributed by atoms with Crippen molar-refractivity contribution in [3.8, 4) is 0 Å². The molecule has 0 aliphatic carbocycles. The molecule has 0 aromatic carbocycles. The molecule has 4 nitrogen and oxygen atoms in total. The van der Waals surface area contributed by atoms with E-state index in [1.807, 2.05) is 17.5 Å². The summed E-state index contributed by atoms with van der Waals surface area (Å²) in [6.07, 6.45) is 3.40. The van der Waals surface area contributed by atoms with E-state index in [0.29, 0.717) is 6.42 Å². The zero-order valence-corrected chi connectivity index (χ0v) is 14.0. The van der Waals surface area contributed by atoms with Crippen molar-refractivity contribution in [2.45, 2.75) is 45.6 Å². The van der Waals surface area contributed by atoms with Crippen molar-refractivity contribution in [2.24, 2.45) is 0 Å². The molecule has 0 saturated heterocycles. The number of rotatable bonds is 11. The molecule has 1 unspecified atom stereocenters. The maximum atomic E-state index is 12.1. The van der Waals surface area contributed by atoms with Gasteiger partial charge in [0.05, 0.1) is 11.8 Å². The highest BCUT2D eigenvalue weighted by atomic mass is 32.2. The minimum absolute atomic E-state index is 0.0706. The van der Waals surface area contributed by atoms with Gasteiger partial charge in [-0.1, -0.05) is 26.3 Å². The molecule has 0 aliphatic heterocycles. The zero-order valence-electron chi connectivity index (χ0n) is 12.4. The molecule has 6 heteroatoms. The molecule has 2 N–H and O–H groups in total. The quantitative estimate of drug-likeness (QED) is 0.617. The third kappa shape index (κ3) is 6.83. The largest absolute Gasteiger partial charge is 0.317 e. The molecule has 0 amide bonds. The molecule has 116 valence electrons. The van der Waals surface area contributed by atoms with Crippen LogP contribution in [0.25, 0.3) is 0 Å². The Hall–Kier alpha value is -0.430. The molecule has 1 rings (SSSR count). The van der Waals surface area contributed by atoms with Crippen LogP contribution in [-0.4, -0.2) is 27.3 Å². The van der Waals surface area contributed by atoms with Gasteiger partial charge in [-0.15, -0.1) is 11.3 Å². The van der Waals surface area contributed by atoms with Gasteiger partial charge in [0.2, 0.25) is 10.0 Å². The van der Waals surface area contributed by atoms with Crippen molar-refractivity contribution in [3.63, 3.8) is 0 Å². The minimum Gasteiger partial charge on any atom is -0.317 e. The number of sulfonamides is 1. The molecule has 1 heterocycles. The third-order valence-corrected chi connectivity index (χ3v) is 5.51. The van der Waals surface area contributed by atoms with Gasteiger partial charge in [0.25, 0.3) is 0 Å². The lowest BCUT2D eigenvalue weighted by atomic mass is 10.1. The SMILES string of the molecule is CCCC(NS(=O)(=O)CCCCNCC)c1cccs1. The lowest BCUT2D eigenvalue weighted by Gasteiger charge is -2.16. The van der Waals surface area contributed by atoms with Crippen molar-refractivity contribution < 1.29 is 8.42 Å². The Morgan fingerprint density at radius 2 is 2.10 bits per heavy atom. The first-order valence-electron chi connectivity index (χ1n) is 7.33. The highest BCUT2D eigenvalue weighted by molar-refractivity contribution is 7.89. The normalized spacial score (nSPS) is 13.5. The van der Waals surface area contributed by atoms with Crippen LogP contribution in [0.15, 0.2) is 17.5 Å². The van der Waals surface area contributed by atoms with E-state index in [1.54, 1.807) is 11.3 Å². The second-order valence-corrected chi connectivity index (χ2v) is 7.71. The van der Waals surface area contributed by atoms with Gasteiger partial charge in [0.15, 0.2) is 0 Å². The van der Waals surface area contributed by atoms with E-state index in [0.717, 1.165) is 37.2 Å². The molecule has 0 aliphatic rings. The minimum atomic E-state index is -3.19. The second-order valence-electron chi connectivity index (χ2n) is 4.85. The Kier molecular flexibility index (Phi) is 8.37. The summed E-state index contributed by atoms with van der Waals surface area (Å²) in [5.74, 6) is 0.212. The number of nitrogens with one attached hydrogen (secondary N) is 2. The maximum absolute atomic E-state index is 12.1. The molecule has 1 aromatic rings. The van der Waals surface area contributed by atoms with Crippen LogP contribution in [0.1, 0.15) is 50.4 Å². The molecular formula is C14H26N2O2S2. The van der Waals surface area contributed by atoms with Gasteiger partial charge in [0, 0.05) is 4.88 Å². The Labute approximate surface area is 127 Å². The van der Waals surface area contributed by atoms with E-state index >= 15 is 0 Å². The second kappa shape index (κ2) is 9.50. The first-order chi connectivity index (χ1) is 9.59. The van der Waals surface area contributed by atoms with Gasteiger partial charge >= 0.3 is 0 Å². The molecule has 0 fully saturated rings. The van der Waals surface area contributed by atoms with Crippen molar-refractivity contribution >= 4 is 21.4 Å². The van der Waals surface area contributed by atoms with Crippen molar-refractivity contribution in [1.82, 2.24) is 10.0 Å². The molecular weight excluding hydrogens is 292 g/mol. The molecule has 0 radical (unpaired) electrons. The van der Waals surface area contributed by atoms with Crippen LogP contribution in [0, 0.1) is 0 Å². The van der Waals surface area contributed by atoms with Gasteiger partial charge in [-0.25, -0.2) is 13.1 Å². The van der Waals surface area contributed by atoms with E-state index in [9.17, 15) is 8.42 Å². The summed E-state index contributed by atoms with van der Waals surface area (Å²) in [5.41, 5.74) is 0. The van der Waals surface area contributed by atoms with Gasteiger partial charge in [-0.2, -0.15) is 0 Å². The smallest absolute Gasteiger partial charge is 0.212 e. The average molecular weight is 319 g/mol. The number of hydrogen-bond donors (Lipinski definition) is 2. The summed E-state index contributed by atoms with van der Waals surface area (Å²) >= 11 is 1.61. The molecule has 1 aromatic heterocycles. The van der Waals surface area contributed by atoms with Crippen LogP contribution in [0.5, 0.6) is 0 Å². The van der Waals surface area contributed by atoms with Crippen LogP contribution in [0.3, 0.4) is 0 Å². The lowest BCUT2D eigenvalue weighted by molar-refractivity contribution is 0.536. The lowest BCUT2D eigenvalue weighted by Crippen LogP contribution is -2.30. The molecule has 1 atom stereocenters. The van der Waals surface area contributed by atoms with Gasteiger partial charge in [-0.3, -0.25) is 0 Å². The highest BCUT2D eigenvalue weighted by Crippen LogP contribution is 2.24. The Balaban J connectivity index is 2.45. The zero-order chi connectivity index (χ0) is 14.8. The average Bonchev–Trinajstić information content (AvgIpc) is 2.91. The van der Waals surface area contributed by atoms with E-state index < -0.39 is 10.0 Å². The molecule has 20 heavy (non-hydrogen) atoms. The van der Waals surface area contributed by atoms with Crippen LogP contribution in [0.4, 0.5) is 0 Å². The number of hydrogen-bond acceptors (Lipinski definition) is 4. The summed E-state index contributed by atoms with van der Waals surface area (Å²) in [4.78, 5) is 1.10. The van der Waals surface area contributed by atoms with E-state index in [2.05, 4.69) is 23.9 Å². The van der Waals surface area contributed by atoms with E-state index in [1.165, 1.54) is 0 Å². The molecule has 0 saturated carbocycles. The molecule has 0 spiro atoms. The summed E-state index contributed by atoms with van der Waals surface area (Å²) in [6.45, 7) is 5.94. The van der Waals surface area contributed by atoms with Crippen LogP contribution in [-0.2, 0) is 10.0 Å². The van der Waals surface area contributed by atoms with Crippen LogP contribution in [0.2, 0.25) is 0 Å². The van der Waals surface area contributed by atoms with Crippen molar-refractivity contribution in [3.05, 3.63) is 22.4 Å². The maximum Gasteiger partial charge on any atom is 0.212 e. The number of thiophene rings is 1. The Morgan fingerprint density at radius 3 is 2.70 bits per heavy atom. The van der Waals surface area contributed by atoms with Crippen LogP contribution >= 0.6 is 11.3 Å². The highest BCUT2D eigenvalue weighted by Gasteiger charge is 2.19. The molecule has 0 bridgehead atoms. The summed E-state index contributed by atoms with van der Waals surface area (Å²) in [6, 6.07) is 3.89. The van der Waals surface area contributed by atoms with E-state index in [-0.39, 0.29) is 11.8 Å². The summed E-state index contributed by atoms with van der Waals surface area (Å²) < 4.78 is 27.1. The van der Waals surface area contributed by atoms with Crippen LogP contribution < -0.4 is 10.0 Å². The van der Waals surface area contributed by atoms with Gasteiger partial charge in [-0.05, 0) is 43.8 Å².